The fraction of sp³-hybridized carbons (Fsp3) is 0.0952. The van der Waals surface area contributed by atoms with Crippen LogP contribution in [0.3, 0.4) is 0 Å². The Morgan fingerprint density at radius 2 is 1.91 bits per heavy atom. The number of nitrogen functional groups attached to an aromatic ring is 1. The van der Waals surface area contributed by atoms with Gasteiger partial charge in [-0.2, -0.15) is 0 Å². The van der Waals surface area contributed by atoms with E-state index in [-0.39, 0.29) is 29.3 Å². The predicted octanol–water partition coefficient (Wildman–Crippen LogP) is 3.24. The molecule has 1 aromatic heterocycles. The van der Waals surface area contributed by atoms with Crippen LogP contribution in [0.5, 0.6) is 0 Å². The maximum Gasteiger partial charge on any atom is 0.265 e. The Hall–Kier alpha value is -4.00. The first-order chi connectivity index (χ1) is 16.1. The summed E-state index contributed by atoms with van der Waals surface area (Å²) in [7, 11) is -4.71. The number of sulfonamides is 1. The summed E-state index contributed by atoms with van der Waals surface area (Å²) < 4.78 is 82.2. The van der Waals surface area contributed by atoms with Crippen molar-refractivity contribution in [3.05, 3.63) is 83.6 Å². The van der Waals surface area contributed by atoms with Crippen molar-refractivity contribution in [2.24, 2.45) is 0 Å². The molecule has 34 heavy (non-hydrogen) atoms. The van der Waals surface area contributed by atoms with E-state index in [1.54, 1.807) is 0 Å². The lowest BCUT2D eigenvalue weighted by Gasteiger charge is -2.14. The Morgan fingerprint density at radius 1 is 1.15 bits per heavy atom. The van der Waals surface area contributed by atoms with Gasteiger partial charge in [0.2, 0.25) is 5.95 Å². The zero-order chi connectivity index (χ0) is 24.9. The molecule has 0 saturated heterocycles. The van der Waals surface area contributed by atoms with Gasteiger partial charge in [-0.05, 0) is 36.4 Å². The van der Waals surface area contributed by atoms with Gasteiger partial charge >= 0.3 is 0 Å². The van der Waals surface area contributed by atoms with Gasteiger partial charge in [-0.15, -0.1) is 0 Å². The molecule has 3 rings (SSSR count). The Balaban J connectivity index is 2.01. The summed E-state index contributed by atoms with van der Waals surface area (Å²) in [6, 6.07) is 6.72. The van der Waals surface area contributed by atoms with Gasteiger partial charge in [0.15, 0.2) is 5.82 Å². The van der Waals surface area contributed by atoms with Gasteiger partial charge in [0.1, 0.15) is 23.2 Å². The zero-order valence-electron chi connectivity index (χ0n) is 17.3. The second-order valence-corrected chi connectivity index (χ2v) is 8.37. The molecule has 0 atom stereocenters. The summed E-state index contributed by atoms with van der Waals surface area (Å²) in [4.78, 5) is 6.71. The third-order valence-corrected chi connectivity index (χ3v) is 5.78. The monoisotopic (exact) mass is 494 g/mol. The van der Waals surface area contributed by atoms with E-state index in [2.05, 4.69) is 15.3 Å². The number of aromatic nitrogens is 2. The summed E-state index contributed by atoms with van der Waals surface area (Å²) in [6.07, 6.45) is 2.55. The van der Waals surface area contributed by atoms with E-state index in [4.69, 9.17) is 11.1 Å². The van der Waals surface area contributed by atoms with Crippen molar-refractivity contribution in [1.82, 2.24) is 15.3 Å². The van der Waals surface area contributed by atoms with Crippen molar-refractivity contribution in [2.75, 3.05) is 23.7 Å². The third kappa shape index (κ3) is 5.49. The van der Waals surface area contributed by atoms with Crippen LogP contribution in [0.1, 0.15) is 11.3 Å². The highest BCUT2D eigenvalue weighted by atomic mass is 32.2. The lowest BCUT2D eigenvalue weighted by Crippen LogP contribution is -2.18. The zero-order valence-corrected chi connectivity index (χ0v) is 18.1. The van der Waals surface area contributed by atoms with Crippen LogP contribution in [0, 0.1) is 22.9 Å². The van der Waals surface area contributed by atoms with Crippen LogP contribution in [0.4, 0.5) is 29.2 Å². The standard InChI is InChI=1S/C21H18F4N6O2S/c22-7-9-28-11-14(16-6-8-29-21(27)30-16)20(26)13-2-1-3-17(19(13)25)31-34(32,33)18-10-12(23)4-5-15(18)24/h1-6,8,10-11,26,28,31H,7,9H2,(H2,27,29,30)/b14-11-,26-20?. The topological polar surface area (TPSA) is 134 Å². The van der Waals surface area contributed by atoms with E-state index in [1.165, 1.54) is 30.6 Å². The SMILES string of the molecule is N=C(/C(=C\NCCF)c1ccnc(N)n1)c1cccc(NS(=O)(=O)c2cc(F)ccc2F)c1F. The van der Waals surface area contributed by atoms with Crippen molar-refractivity contribution in [3.63, 3.8) is 0 Å². The quantitative estimate of drug-likeness (QED) is 0.205. The van der Waals surface area contributed by atoms with Crippen LogP contribution in [0.25, 0.3) is 5.57 Å². The maximum atomic E-state index is 15.3. The number of benzene rings is 2. The van der Waals surface area contributed by atoms with Crippen LogP contribution in [0.15, 0.2) is 59.8 Å². The van der Waals surface area contributed by atoms with E-state index >= 15 is 4.39 Å². The molecule has 3 aromatic rings. The van der Waals surface area contributed by atoms with Crippen LogP contribution in [-0.4, -0.2) is 37.3 Å². The van der Waals surface area contributed by atoms with Gasteiger partial charge in [-0.3, -0.25) is 10.1 Å². The number of hydrogen-bond donors (Lipinski definition) is 4. The average molecular weight is 494 g/mol. The number of nitrogens with zero attached hydrogens (tertiary/aromatic N) is 2. The molecule has 2 aromatic carbocycles. The van der Waals surface area contributed by atoms with Crippen LogP contribution >= 0.6 is 0 Å². The summed E-state index contributed by atoms with van der Waals surface area (Å²) in [6.45, 7) is -0.815. The summed E-state index contributed by atoms with van der Waals surface area (Å²) >= 11 is 0. The summed E-state index contributed by atoms with van der Waals surface area (Å²) in [5.41, 5.74) is 4.31. The normalized spacial score (nSPS) is 11.8. The third-order valence-electron chi connectivity index (χ3n) is 4.40. The molecule has 0 aliphatic heterocycles. The van der Waals surface area contributed by atoms with Gasteiger partial charge in [0.25, 0.3) is 10.0 Å². The fourth-order valence-corrected chi connectivity index (χ4v) is 4.01. The number of rotatable bonds is 9. The molecular formula is C21H18F4N6O2S. The summed E-state index contributed by atoms with van der Waals surface area (Å²) in [5.74, 6) is -3.52. The molecule has 0 unspecified atom stereocenters. The van der Waals surface area contributed by atoms with E-state index in [9.17, 15) is 21.6 Å². The second kappa shape index (κ2) is 10.3. The van der Waals surface area contributed by atoms with E-state index in [0.717, 1.165) is 12.1 Å². The lowest BCUT2D eigenvalue weighted by molar-refractivity contribution is 0.487. The second-order valence-electron chi connectivity index (χ2n) is 6.72. The first kappa shape index (κ1) is 24.6. The van der Waals surface area contributed by atoms with Crippen molar-refractivity contribution in [1.29, 1.82) is 5.41 Å². The van der Waals surface area contributed by atoms with E-state index < -0.39 is 50.4 Å². The smallest absolute Gasteiger partial charge is 0.265 e. The lowest BCUT2D eigenvalue weighted by atomic mass is 9.99. The summed E-state index contributed by atoms with van der Waals surface area (Å²) in [5, 5.41) is 11.1. The number of anilines is 2. The van der Waals surface area contributed by atoms with Crippen molar-refractivity contribution >= 4 is 32.9 Å². The predicted molar refractivity (Wildman–Crippen MR) is 119 cm³/mol. The van der Waals surface area contributed by atoms with E-state index in [0.29, 0.717) is 12.1 Å². The molecule has 13 heteroatoms. The molecule has 8 nitrogen and oxygen atoms in total. The van der Waals surface area contributed by atoms with Crippen molar-refractivity contribution < 1.29 is 26.0 Å². The van der Waals surface area contributed by atoms with E-state index in [1.807, 2.05) is 4.72 Å². The number of nitrogens with one attached hydrogen (secondary N) is 3. The molecule has 1 heterocycles. The number of hydrogen-bond acceptors (Lipinski definition) is 7. The Bertz CT molecular complexity index is 1370. The highest BCUT2D eigenvalue weighted by Gasteiger charge is 2.24. The molecular weight excluding hydrogens is 476 g/mol. The average Bonchev–Trinajstić information content (AvgIpc) is 2.79. The van der Waals surface area contributed by atoms with Crippen molar-refractivity contribution in [2.45, 2.75) is 4.90 Å². The molecule has 0 fully saturated rings. The highest BCUT2D eigenvalue weighted by Crippen LogP contribution is 2.27. The van der Waals surface area contributed by atoms with Gasteiger partial charge < -0.3 is 11.1 Å². The van der Waals surface area contributed by atoms with Gasteiger partial charge in [0.05, 0.1) is 17.1 Å². The first-order valence-corrected chi connectivity index (χ1v) is 11.1. The highest BCUT2D eigenvalue weighted by molar-refractivity contribution is 7.92. The molecule has 5 N–H and O–H groups in total. The number of allylic oxidation sites excluding steroid dienone is 1. The minimum atomic E-state index is -4.71. The molecule has 0 amide bonds. The van der Waals surface area contributed by atoms with Crippen LogP contribution in [-0.2, 0) is 10.0 Å². The maximum absolute atomic E-state index is 15.3. The van der Waals surface area contributed by atoms with Crippen LogP contribution in [0.2, 0.25) is 0 Å². The first-order valence-electron chi connectivity index (χ1n) is 9.58. The fourth-order valence-electron chi connectivity index (χ4n) is 2.86. The minimum Gasteiger partial charge on any atom is -0.388 e. The van der Waals surface area contributed by atoms with Gasteiger partial charge in [-0.25, -0.2) is 35.9 Å². The number of nitrogens with two attached hydrogens (primary N) is 1. The molecule has 178 valence electrons. The van der Waals surface area contributed by atoms with Crippen molar-refractivity contribution in [3.8, 4) is 0 Å². The largest absolute Gasteiger partial charge is 0.388 e. The number of halogens is 4. The Morgan fingerprint density at radius 3 is 2.62 bits per heavy atom. The molecule has 0 spiro atoms. The molecule has 0 saturated carbocycles. The molecule has 0 bridgehead atoms. The Labute approximate surface area is 192 Å². The van der Waals surface area contributed by atoms with Gasteiger partial charge in [-0.1, -0.05) is 6.07 Å². The molecule has 0 aliphatic rings. The van der Waals surface area contributed by atoms with Gasteiger partial charge in [0, 0.05) is 30.1 Å². The van der Waals surface area contributed by atoms with Crippen LogP contribution < -0.4 is 15.8 Å². The number of alkyl halides is 1. The Kier molecular flexibility index (Phi) is 7.46. The minimum absolute atomic E-state index is 0.0117. The molecule has 0 radical (unpaired) electrons. The molecule has 0 aliphatic carbocycles.